The number of hydrogen-bond acceptors (Lipinski definition) is 9. The molecule has 9 nitrogen and oxygen atoms in total. The number of aromatic nitrogens is 3. The number of nitrogens with zero attached hydrogens (tertiary/aromatic N) is 4. The Morgan fingerprint density at radius 1 is 1.04 bits per heavy atom. The van der Waals surface area contributed by atoms with Crippen molar-refractivity contribution in [1.82, 2.24) is 15.2 Å². The predicted molar refractivity (Wildman–Crippen MR) is 195 cm³/mol. The van der Waals surface area contributed by atoms with Crippen LogP contribution >= 0.6 is 0 Å². The molecule has 4 saturated carbocycles. The van der Waals surface area contributed by atoms with Crippen LogP contribution < -0.4 is 0 Å². The first kappa shape index (κ1) is 36.7. The number of hydrogen-bond donors (Lipinski definition) is 0. The third-order valence-corrected chi connectivity index (χ3v) is 14.9. The molecule has 2 aromatic rings. The Labute approximate surface area is 308 Å². The first-order valence-electron chi connectivity index (χ1n) is 19.6. The number of pyridine rings is 1. The summed E-state index contributed by atoms with van der Waals surface area (Å²) in [4.78, 5) is 42.9. The van der Waals surface area contributed by atoms with Crippen LogP contribution in [-0.2, 0) is 25.5 Å². The summed E-state index contributed by atoms with van der Waals surface area (Å²) in [5, 5.41) is 18.0. The van der Waals surface area contributed by atoms with Crippen molar-refractivity contribution >= 4 is 18.0 Å². The molecule has 0 aromatic carbocycles. The summed E-state index contributed by atoms with van der Waals surface area (Å²) >= 11 is 0. The summed E-state index contributed by atoms with van der Waals surface area (Å²) in [5.74, 6) is 2.87. The molecule has 0 N–H and O–H groups in total. The lowest BCUT2D eigenvalue weighted by Gasteiger charge is -2.68. The van der Waals surface area contributed by atoms with Gasteiger partial charge in [0.2, 0.25) is 5.89 Å². The number of aldehydes is 1. The number of ketones is 1. The fourth-order valence-electron chi connectivity index (χ4n) is 12.7. The first-order valence-corrected chi connectivity index (χ1v) is 19.6. The number of rotatable bonds is 8. The molecular formula is C43H56N4O5. The summed E-state index contributed by atoms with van der Waals surface area (Å²) < 4.78 is 12.4. The van der Waals surface area contributed by atoms with Crippen LogP contribution in [0.25, 0.3) is 11.6 Å². The van der Waals surface area contributed by atoms with Gasteiger partial charge in [0.15, 0.2) is 5.78 Å². The lowest BCUT2D eigenvalue weighted by molar-refractivity contribution is -0.213. The molecule has 7 rings (SSSR count). The third-order valence-electron chi connectivity index (χ3n) is 14.9. The highest BCUT2D eigenvalue weighted by Gasteiger charge is 2.66. The van der Waals surface area contributed by atoms with E-state index in [1.807, 2.05) is 0 Å². The number of esters is 1. The van der Waals surface area contributed by atoms with Gasteiger partial charge in [-0.15, -0.1) is 10.2 Å². The minimum atomic E-state index is -0.722. The van der Waals surface area contributed by atoms with E-state index < -0.39 is 5.41 Å². The molecule has 278 valence electrons. The second-order valence-corrected chi connectivity index (χ2v) is 19.2. The molecule has 5 aliphatic carbocycles. The number of allylic oxidation sites excluding steroid dienone is 2. The standard InChI is InChI=1S/C43H56N4O5/c1-25(2)36-30(49)19-43(20-34-46-47-38(52-34)29-11-9-26(22-44)23-45-29)18-13-28-27(37(36)43)10-12-32-41(28,7)16-14-31-40(5,6)33(15-17-42(31,32)8)51-35(50)21-39(3,4)24-48/h9,11,23-25,27-28,31-33H,10,12-21H2,1-8H3. The molecular weight excluding hydrogens is 652 g/mol. The quantitative estimate of drug-likeness (QED) is 0.195. The molecule has 5 aliphatic rings. The summed E-state index contributed by atoms with van der Waals surface area (Å²) in [6.45, 7) is 17.7. The van der Waals surface area contributed by atoms with Crippen molar-refractivity contribution in [3.63, 3.8) is 0 Å². The molecule has 52 heavy (non-hydrogen) atoms. The summed E-state index contributed by atoms with van der Waals surface area (Å²) in [6.07, 6.45) is 11.7. The van der Waals surface area contributed by atoms with Gasteiger partial charge in [-0.25, -0.2) is 4.98 Å². The fourth-order valence-corrected chi connectivity index (χ4v) is 12.7. The molecule has 0 radical (unpaired) electrons. The SMILES string of the molecule is CC(C)C1=C2C3CCC4C(C)(CCC5C(C)(C)C(OC(=O)CC(C)(C)C=O)CCC54C)C3CCC2(Cc2nnc(-c3ccc(C#N)cn3)o2)CC1=O. The van der Waals surface area contributed by atoms with Crippen LogP contribution in [0.5, 0.6) is 0 Å². The Kier molecular flexibility index (Phi) is 8.98. The summed E-state index contributed by atoms with van der Waals surface area (Å²) in [7, 11) is 0. The zero-order chi connectivity index (χ0) is 37.4. The van der Waals surface area contributed by atoms with Crippen molar-refractivity contribution in [1.29, 1.82) is 5.26 Å². The van der Waals surface area contributed by atoms with E-state index in [4.69, 9.17) is 9.15 Å². The Bertz CT molecular complexity index is 1830. The van der Waals surface area contributed by atoms with E-state index in [0.717, 1.165) is 63.2 Å². The average Bonchev–Trinajstić information content (AvgIpc) is 3.67. The molecule has 8 unspecified atom stereocenters. The number of ether oxygens (including phenoxy) is 1. The predicted octanol–water partition coefficient (Wildman–Crippen LogP) is 8.66. The molecule has 0 aliphatic heterocycles. The molecule has 0 saturated heterocycles. The van der Waals surface area contributed by atoms with Crippen molar-refractivity contribution in [2.75, 3.05) is 0 Å². The fraction of sp³-hybridized carbons (Fsp3) is 0.698. The Morgan fingerprint density at radius 2 is 1.79 bits per heavy atom. The van der Waals surface area contributed by atoms with E-state index in [2.05, 4.69) is 62.8 Å². The van der Waals surface area contributed by atoms with Gasteiger partial charge in [-0.05, 0) is 109 Å². The maximum absolute atomic E-state index is 14.0. The van der Waals surface area contributed by atoms with E-state index in [0.29, 0.717) is 59.6 Å². The molecule has 4 fully saturated rings. The van der Waals surface area contributed by atoms with Crippen LogP contribution in [0.3, 0.4) is 0 Å². The van der Waals surface area contributed by atoms with E-state index >= 15 is 0 Å². The van der Waals surface area contributed by atoms with Crippen molar-refractivity contribution in [2.45, 2.75) is 132 Å². The van der Waals surface area contributed by atoms with Gasteiger partial charge in [0, 0.05) is 35.3 Å². The van der Waals surface area contributed by atoms with E-state index in [-0.39, 0.29) is 51.9 Å². The number of Topliss-reactive ketones (excluding diaryl/α,β-unsaturated/α-hetero) is 1. The van der Waals surface area contributed by atoms with Crippen LogP contribution in [0.4, 0.5) is 0 Å². The number of carbonyl (C=O) groups excluding carboxylic acids is 3. The zero-order valence-electron chi connectivity index (χ0n) is 32.4. The van der Waals surface area contributed by atoms with Gasteiger partial charge in [0.05, 0.1) is 12.0 Å². The third kappa shape index (κ3) is 5.78. The van der Waals surface area contributed by atoms with E-state index in [9.17, 15) is 19.6 Å². The van der Waals surface area contributed by atoms with Gasteiger partial charge in [-0.3, -0.25) is 9.59 Å². The number of carbonyl (C=O) groups is 3. The van der Waals surface area contributed by atoms with Gasteiger partial charge >= 0.3 is 5.97 Å². The van der Waals surface area contributed by atoms with Gasteiger partial charge in [-0.2, -0.15) is 5.26 Å². The monoisotopic (exact) mass is 708 g/mol. The van der Waals surface area contributed by atoms with E-state index in [1.165, 1.54) is 11.8 Å². The van der Waals surface area contributed by atoms with Crippen molar-refractivity contribution in [3.05, 3.63) is 40.9 Å². The number of fused-ring (bicyclic) bond motifs is 7. The van der Waals surface area contributed by atoms with Gasteiger partial charge < -0.3 is 13.9 Å². The Balaban J connectivity index is 1.15. The molecule has 9 heteroatoms. The molecule has 0 spiro atoms. The van der Waals surface area contributed by atoms with Gasteiger partial charge in [0.25, 0.3) is 5.89 Å². The van der Waals surface area contributed by atoms with Crippen LogP contribution in [0.2, 0.25) is 0 Å². The maximum Gasteiger partial charge on any atom is 0.307 e. The van der Waals surface area contributed by atoms with Gasteiger partial charge in [0.1, 0.15) is 24.2 Å². The van der Waals surface area contributed by atoms with Crippen molar-refractivity contribution < 1.29 is 23.5 Å². The molecule has 0 amide bonds. The molecule has 8 atom stereocenters. The molecule has 0 bridgehead atoms. The molecule has 2 heterocycles. The van der Waals surface area contributed by atoms with Gasteiger partial charge in [-0.1, -0.05) is 61.0 Å². The maximum atomic E-state index is 14.0. The highest BCUT2D eigenvalue weighted by molar-refractivity contribution is 6.00. The lowest BCUT2D eigenvalue weighted by Crippen LogP contribution is -2.63. The van der Waals surface area contributed by atoms with Crippen molar-refractivity contribution in [2.24, 2.45) is 56.7 Å². The van der Waals surface area contributed by atoms with Crippen molar-refractivity contribution in [3.8, 4) is 17.7 Å². The van der Waals surface area contributed by atoms with E-state index in [1.54, 1.807) is 26.0 Å². The smallest absolute Gasteiger partial charge is 0.307 e. The van der Waals surface area contributed by atoms with Crippen LogP contribution in [0.1, 0.15) is 131 Å². The number of nitriles is 1. The van der Waals surface area contributed by atoms with Crippen LogP contribution in [0.15, 0.2) is 33.9 Å². The highest BCUT2D eigenvalue weighted by Crippen LogP contribution is 2.73. The minimum absolute atomic E-state index is 0.106. The summed E-state index contributed by atoms with van der Waals surface area (Å²) in [6, 6.07) is 5.52. The highest BCUT2D eigenvalue weighted by atomic mass is 16.5. The average molecular weight is 709 g/mol. The minimum Gasteiger partial charge on any atom is -0.462 e. The zero-order valence-corrected chi connectivity index (χ0v) is 32.4. The first-order chi connectivity index (χ1) is 24.5. The normalized spacial score (nSPS) is 35.2. The summed E-state index contributed by atoms with van der Waals surface area (Å²) in [5.41, 5.74) is 2.51. The second kappa shape index (κ2) is 12.7. The Morgan fingerprint density at radius 3 is 2.46 bits per heavy atom. The second-order valence-electron chi connectivity index (χ2n) is 19.2. The molecule has 2 aromatic heterocycles. The van der Waals surface area contributed by atoms with Crippen LogP contribution in [0, 0.1) is 68.0 Å². The van der Waals surface area contributed by atoms with Crippen LogP contribution in [-0.4, -0.2) is 39.3 Å². The Hall–Kier alpha value is -3.67. The topological polar surface area (TPSA) is 136 Å². The largest absolute Gasteiger partial charge is 0.462 e. The lowest BCUT2D eigenvalue weighted by atomic mass is 9.36.